The van der Waals surface area contributed by atoms with Crippen LogP contribution in [0.25, 0.3) is 15.3 Å². The van der Waals surface area contributed by atoms with Crippen LogP contribution >= 0.6 is 27.3 Å². The number of anilines is 1. The van der Waals surface area contributed by atoms with Gasteiger partial charge in [-0.2, -0.15) is 9.78 Å². The van der Waals surface area contributed by atoms with E-state index < -0.39 is 0 Å². The standard InChI is InChI=1S/C21H17BrN4OS/c1-11-6-7-16-17(8-11)28-21(23-16)26-20-19(12(2)25-26)15(10-18(27)24-20)13-4-3-5-14(22)9-13/h3-9,15H,10H2,1-2H3,(H,24,27)/t15-/m1/s1. The Kier molecular flexibility index (Phi) is 4.10. The Labute approximate surface area is 174 Å². The smallest absolute Gasteiger partial charge is 0.226 e. The number of rotatable bonds is 2. The lowest BCUT2D eigenvalue weighted by Crippen LogP contribution is -2.24. The molecule has 0 spiro atoms. The SMILES string of the molecule is Cc1ccc2nc(-n3nc(C)c4c3NC(=O)C[C@@H]4c3cccc(Br)c3)sc2c1. The third kappa shape index (κ3) is 2.86. The minimum atomic E-state index is -0.0216. The van der Waals surface area contributed by atoms with Crippen molar-refractivity contribution < 1.29 is 4.79 Å². The van der Waals surface area contributed by atoms with E-state index in [1.165, 1.54) is 5.56 Å². The van der Waals surface area contributed by atoms with E-state index in [1.54, 1.807) is 16.0 Å². The molecule has 5 rings (SSSR count). The van der Waals surface area contributed by atoms with E-state index >= 15 is 0 Å². The van der Waals surface area contributed by atoms with Crippen LogP contribution in [0.15, 0.2) is 46.9 Å². The lowest BCUT2D eigenvalue weighted by atomic mass is 9.86. The van der Waals surface area contributed by atoms with Gasteiger partial charge in [-0.05, 0) is 49.2 Å². The van der Waals surface area contributed by atoms with Crippen LogP contribution in [-0.4, -0.2) is 20.7 Å². The molecule has 1 atom stereocenters. The number of hydrogen-bond donors (Lipinski definition) is 1. The van der Waals surface area contributed by atoms with Crippen LogP contribution < -0.4 is 5.32 Å². The van der Waals surface area contributed by atoms with Crippen molar-refractivity contribution in [1.82, 2.24) is 14.8 Å². The van der Waals surface area contributed by atoms with Gasteiger partial charge < -0.3 is 5.32 Å². The molecule has 1 aliphatic rings. The van der Waals surface area contributed by atoms with Crippen molar-refractivity contribution in [2.24, 2.45) is 0 Å². The average Bonchev–Trinajstić information content (AvgIpc) is 3.21. The van der Waals surface area contributed by atoms with E-state index in [0.717, 1.165) is 42.5 Å². The molecule has 0 radical (unpaired) electrons. The molecule has 0 saturated carbocycles. The summed E-state index contributed by atoms with van der Waals surface area (Å²) in [7, 11) is 0. The Morgan fingerprint density at radius 3 is 2.89 bits per heavy atom. The lowest BCUT2D eigenvalue weighted by Gasteiger charge is -2.24. The van der Waals surface area contributed by atoms with Crippen LogP contribution in [0.4, 0.5) is 5.82 Å². The molecular formula is C21H17BrN4OS. The Morgan fingerprint density at radius 1 is 1.21 bits per heavy atom. The van der Waals surface area contributed by atoms with Gasteiger partial charge in [0.05, 0.1) is 15.9 Å². The van der Waals surface area contributed by atoms with Gasteiger partial charge in [0, 0.05) is 22.4 Å². The number of aryl methyl sites for hydroxylation is 2. The second kappa shape index (κ2) is 6.53. The molecule has 2 aromatic heterocycles. The number of nitrogens with zero attached hydrogens (tertiary/aromatic N) is 3. The Balaban J connectivity index is 1.68. The van der Waals surface area contributed by atoms with E-state index in [2.05, 4.69) is 52.4 Å². The predicted octanol–water partition coefficient (Wildman–Crippen LogP) is 5.34. The monoisotopic (exact) mass is 452 g/mol. The highest BCUT2D eigenvalue weighted by Crippen LogP contribution is 2.41. The quantitative estimate of drug-likeness (QED) is 0.446. The maximum atomic E-state index is 12.5. The average molecular weight is 453 g/mol. The summed E-state index contributed by atoms with van der Waals surface area (Å²) in [6.07, 6.45) is 0.412. The molecule has 28 heavy (non-hydrogen) atoms. The summed E-state index contributed by atoms with van der Waals surface area (Å²) in [6, 6.07) is 14.3. The number of aromatic nitrogens is 3. The molecule has 0 bridgehead atoms. The van der Waals surface area contributed by atoms with E-state index in [0.29, 0.717) is 6.42 Å². The molecule has 7 heteroatoms. The van der Waals surface area contributed by atoms with Crippen LogP contribution in [0.1, 0.15) is 34.7 Å². The number of nitrogens with one attached hydrogen (secondary N) is 1. The van der Waals surface area contributed by atoms with Crippen LogP contribution in [0.5, 0.6) is 0 Å². The van der Waals surface area contributed by atoms with E-state index in [-0.39, 0.29) is 11.8 Å². The summed E-state index contributed by atoms with van der Waals surface area (Å²) in [5.74, 6) is 0.705. The van der Waals surface area contributed by atoms with E-state index in [4.69, 9.17) is 10.1 Å². The van der Waals surface area contributed by atoms with Crippen molar-refractivity contribution in [2.75, 3.05) is 5.32 Å². The Hall–Kier alpha value is -2.51. The fraction of sp³-hybridized carbons (Fsp3) is 0.190. The first-order valence-corrected chi connectivity index (χ1v) is 10.6. The van der Waals surface area contributed by atoms with Gasteiger partial charge in [0.25, 0.3) is 0 Å². The van der Waals surface area contributed by atoms with Crippen LogP contribution in [-0.2, 0) is 4.79 Å². The molecular weight excluding hydrogens is 436 g/mol. The van der Waals surface area contributed by atoms with Gasteiger partial charge in [0.15, 0.2) is 0 Å². The van der Waals surface area contributed by atoms with E-state index in [9.17, 15) is 4.79 Å². The number of thiazole rings is 1. The van der Waals surface area contributed by atoms with Crippen LogP contribution in [0.3, 0.4) is 0 Å². The van der Waals surface area contributed by atoms with Crippen molar-refractivity contribution in [1.29, 1.82) is 0 Å². The minimum absolute atomic E-state index is 0.00409. The molecule has 1 amide bonds. The van der Waals surface area contributed by atoms with Crippen molar-refractivity contribution >= 4 is 49.2 Å². The van der Waals surface area contributed by atoms with Crippen molar-refractivity contribution in [2.45, 2.75) is 26.2 Å². The number of halogens is 1. The zero-order chi connectivity index (χ0) is 19.4. The lowest BCUT2D eigenvalue weighted by molar-refractivity contribution is -0.116. The molecule has 5 nitrogen and oxygen atoms in total. The van der Waals surface area contributed by atoms with Gasteiger partial charge in [-0.1, -0.05) is 45.5 Å². The molecule has 3 heterocycles. The van der Waals surface area contributed by atoms with Crippen molar-refractivity contribution in [3.8, 4) is 5.13 Å². The van der Waals surface area contributed by atoms with Gasteiger partial charge in [0.1, 0.15) is 5.82 Å². The summed E-state index contributed by atoms with van der Waals surface area (Å²) < 4.78 is 3.90. The maximum Gasteiger partial charge on any atom is 0.226 e. The van der Waals surface area contributed by atoms with Gasteiger partial charge in [0.2, 0.25) is 11.0 Å². The van der Waals surface area contributed by atoms with Crippen LogP contribution in [0.2, 0.25) is 0 Å². The summed E-state index contributed by atoms with van der Waals surface area (Å²) in [4.78, 5) is 17.3. The van der Waals surface area contributed by atoms with Crippen LogP contribution in [0, 0.1) is 13.8 Å². The molecule has 140 valence electrons. The van der Waals surface area contributed by atoms with Gasteiger partial charge in [-0.25, -0.2) is 4.98 Å². The number of fused-ring (bicyclic) bond motifs is 2. The summed E-state index contributed by atoms with van der Waals surface area (Å²) in [5, 5.41) is 8.55. The molecule has 0 saturated heterocycles. The zero-order valence-electron chi connectivity index (χ0n) is 15.4. The predicted molar refractivity (Wildman–Crippen MR) is 115 cm³/mol. The highest BCUT2D eigenvalue weighted by Gasteiger charge is 2.33. The first kappa shape index (κ1) is 17.6. The second-order valence-corrected chi connectivity index (χ2v) is 9.01. The zero-order valence-corrected chi connectivity index (χ0v) is 17.8. The number of carbonyl (C=O) groups excluding carboxylic acids is 1. The molecule has 0 fully saturated rings. The molecule has 0 unspecified atom stereocenters. The topological polar surface area (TPSA) is 59.8 Å². The van der Waals surface area contributed by atoms with Crippen molar-refractivity contribution in [3.05, 3.63) is 69.3 Å². The molecule has 2 aromatic carbocycles. The largest absolute Gasteiger partial charge is 0.310 e. The second-order valence-electron chi connectivity index (χ2n) is 7.09. The fourth-order valence-corrected chi connectivity index (χ4v) is 5.24. The fourth-order valence-electron chi connectivity index (χ4n) is 3.80. The molecule has 1 N–H and O–H groups in total. The third-order valence-corrected chi connectivity index (χ3v) is 6.55. The minimum Gasteiger partial charge on any atom is -0.310 e. The first-order valence-electron chi connectivity index (χ1n) is 9.02. The third-order valence-electron chi connectivity index (χ3n) is 5.07. The van der Waals surface area contributed by atoms with Crippen molar-refractivity contribution in [3.63, 3.8) is 0 Å². The number of amides is 1. The summed E-state index contributed by atoms with van der Waals surface area (Å²) in [6.45, 7) is 4.07. The maximum absolute atomic E-state index is 12.5. The van der Waals surface area contributed by atoms with Gasteiger partial charge in [-0.3, -0.25) is 4.79 Å². The molecule has 0 aliphatic carbocycles. The summed E-state index contributed by atoms with van der Waals surface area (Å²) >= 11 is 5.12. The Bertz CT molecular complexity index is 1240. The summed E-state index contributed by atoms with van der Waals surface area (Å²) in [5.41, 5.74) is 5.22. The van der Waals surface area contributed by atoms with Gasteiger partial charge >= 0.3 is 0 Å². The molecule has 4 aromatic rings. The van der Waals surface area contributed by atoms with Gasteiger partial charge in [-0.15, -0.1) is 0 Å². The Morgan fingerprint density at radius 2 is 2.07 bits per heavy atom. The highest BCUT2D eigenvalue weighted by molar-refractivity contribution is 9.10. The number of carbonyl (C=O) groups is 1. The number of benzene rings is 2. The normalized spacial score (nSPS) is 16.2. The number of hydrogen-bond acceptors (Lipinski definition) is 4. The highest BCUT2D eigenvalue weighted by atomic mass is 79.9. The first-order chi connectivity index (χ1) is 13.5. The van der Waals surface area contributed by atoms with E-state index in [1.807, 2.05) is 25.1 Å². The molecule has 1 aliphatic heterocycles.